The Morgan fingerprint density at radius 2 is 1.80 bits per heavy atom. The van der Waals surface area contributed by atoms with Gasteiger partial charge in [-0.15, -0.1) is 0 Å². The van der Waals surface area contributed by atoms with Crippen molar-refractivity contribution in [2.75, 3.05) is 56.6 Å². The minimum absolute atomic E-state index is 0.162. The van der Waals surface area contributed by atoms with Gasteiger partial charge in [-0.25, -0.2) is 9.97 Å². The second-order valence-corrected chi connectivity index (χ2v) is 9.21. The van der Waals surface area contributed by atoms with Crippen molar-refractivity contribution >= 4 is 29.6 Å². The maximum atomic E-state index is 13.1. The predicted molar refractivity (Wildman–Crippen MR) is 153 cm³/mol. The lowest BCUT2D eigenvalue weighted by atomic mass is 10.0. The molecule has 1 aliphatic heterocycles. The lowest BCUT2D eigenvalue weighted by molar-refractivity contribution is -0.138. The zero-order chi connectivity index (χ0) is 30.0. The maximum Gasteiger partial charge on any atom is 0.416 e. The van der Waals surface area contributed by atoms with Gasteiger partial charge in [0, 0.05) is 69.0 Å². The van der Waals surface area contributed by atoms with Gasteiger partial charge in [0.15, 0.2) is 0 Å². The Morgan fingerprint density at radius 3 is 2.44 bits per heavy atom. The summed E-state index contributed by atoms with van der Waals surface area (Å²) in [6.07, 6.45) is -0.726. The number of likely N-dealkylation sites (N-methyl/N-ethyl adjacent to an activating group) is 1. The van der Waals surface area contributed by atoms with Crippen LogP contribution in [0.5, 0.6) is 0 Å². The third-order valence-electron chi connectivity index (χ3n) is 6.22. The van der Waals surface area contributed by atoms with Crippen LogP contribution in [0.3, 0.4) is 0 Å². The summed E-state index contributed by atoms with van der Waals surface area (Å²) in [5.74, 6) is 6.24. The van der Waals surface area contributed by atoms with E-state index in [0.29, 0.717) is 46.7 Å². The van der Waals surface area contributed by atoms with Crippen molar-refractivity contribution in [1.29, 1.82) is 5.41 Å². The highest BCUT2D eigenvalue weighted by molar-refractivity contribution is 5.99. The highest BCUT2D eigenvalue weighted by atomic mass is 19.4. The van der Waals surface area contributed by atoms with Gasteiger partial charge in [0.2, 0.25) is 6.41 Å². The summed E-state index contributed by atoms with van der Waals surface area (Å²) in [5.41, 5.74) is 12.9. The number of aromatic nitrogens is 2. The number of hydrogen-bond acceptors (Lipinski definition) is 8. The molecule has 0 spiro atoms. The molecule has 0 aliphatic carbocycles. The topological polar surface area (TPSA) is 149 Å². The first-order valence-electron chi connectivity index (χ1n) is 12.6. The number of carbonyl (C=O) groups is 1. The fraction of sp³-hybridized carbons (Fsp3) is 0.286. The fourth-order valence-electron chi connectivity index (χ4n) is 3.93. The number of hydrogen-bond donors (Lipinski definition) is 5. The summed E-state index contributed by atoms with van der Waals surface area (Å²) in [4.78, 5) is 22.5. The zero-order valence-corrected chi connectivity index (χ0v) is 22.7. The molecule has 3 aromatic rings. The molecule has 41 heavy (non-hydrogen) atoms. The van der Waals surface area contributed by atoms with Crippen LogP contribution in [0.25, 0.3) is 0 Å². The number of nitrogens with zero attached hydrogens (tertiary/aromatic N) is 4. The molecule has 1 aliphatic rings. The van der Waals surface area contributed by atoms with Crippen molar-refractivity contribution in [3.05, 3.63) is 76.6 Å². The van der Waals surface area contributed by atoms with Crippen molar-refractivity contribution < 1.29 is 18.0 Å². The third-order valence-corrected chi connectivity index (χ3v) is 6.22. The van der Waals surface area contributed by atoms with Gasteiger partial charge in [-0.1, -0.05) is 17.9 Å². The van der Waals surface area contributed by atoms with Crippen LogP contribution < -0.4 is 22.1 Å². The Bertz CT molecular complexity index is 1430. The van der Waals surface area contributed by atoms with Crippen molar-refractivity contribution in [2.24, 2.45) is 5.73 Å². The Morgan fingerprint density at radius 1 is 1.10 bits per heavy atom. The standard InChI is InChI=1S/C14H20F3N3.C14H12N6O/c1-18-12-4-3-11(13(9-12)14(15,16)17)10-20-7-5-19(2)6-8-20;15-13(16)11-5-10(7-19-14(11)17)2-1-9-3-4-18-12(6-9)20-8-21/h3-4,9,18H,5-8,10H2,1-2H3;3-8H,(H3,15,16)(H2,17,19)(H,18,20,21). The van der Waals surface area contributed by atoms with E-state index in [1.165, 1.54) is 18.5 Å². The number of amidine groups is 1. The number of nitrogens with two attached hydrogens (primary N) is 2. The van der Waals surface area contributed by atoms with Gasteiger partial charge in [0.1, 0.15) is 17.5 Å². The summed E-state index contributed by atoms with van der Waals surface area (Å²) in [6.45, 7) is 3.77. The number of rotatable bonds is 6. The zero-order valence-electron chi connectivity index (χ0n) is 22.7. The number of piperazine rings is 1. The molecule has 0 atom stereocenters. The molecule has 1 fully saturated rings. The van der Waals surface area contributed by atoms with Gasteiger partial charge in [0.05, 0.1) is 11.1 Å². The first kappa shape index (κ1) is 30.9. The number of amides is 1. The second kappa shape index (κ2) is 14.1. The van der Waals surface area contributed by atoms with Crippen LogP contribution in [-0.2, 0) is 17.5 Å². The normalized spacial score (nSPS) is 13.7. The molecule has 216 valence electrons. The maximum absolute atomic E-state index is 13.1. The van der Waals surface area contributed by atoms with Gasteiger partial charge in [0.25, 0.3) is 0 Å². The molecule has 0 unspecified atom stereocenters. The molecular formula is C28H32F3N9O. The van der Waals surface area contributed by atoms with E-state index in [0.717, 1.165) is 26.2 Å². The van der Waals surface area contributed by atoms with Crippen molar-refractivity contribution in [1.82, 2.24) is 19.8 Å². The summed E-state index contributed by atoms with van der Waals surface area (Å²) in [5, 5.41) is 12.6. The SMILES string of the molecule is CNc1ccc(CN2CCN(C)CC2)c(C(F)(F)F)c1.N=C(N)c1cc(C#Cc2ccnc(NC=O)c2)cnc1N. The monoisotopic (exact) mass is 567 g/mol. The highest BCUT2D eigenvalue weighted by Crippen LogP contribution is 2.34. The van der Waals surface area contributed by atoms with E-state index in [4.69, 9.17) is 16.9 Å². The van der Waals surface area contributed by atoms with Gasteiger partial charge >= 0.3 is 6.18 Å². The average molecular weight is 568 g/mol. The minimum atomic E-state index is -4.31. The summed E-state index contributed by atoms with van der Waals surface area (Å²) in [7, 11) is 3.65. The van der Waals surface area contributed by atoms with Crippen molar-refractivity contribution in [3.63, 3.8) is 0 Å². The molecule has 2 aromatic heterocycles. The van der Waals surface area contributed by atoms with Crippen LogP contribution in [0.2, 0.25) is 0 Å². The number of anilines is 3. The fourth-order valence-corrected chi connectivity index (χ4v) is 3.93. The molecule has 13 heteroatoms. The molecule has 1 saturated heterocycles. The van der Waals surface area contributed by atoms with Crippen LogP contribution in [-0.4, -0.2) is 72.3 Å². The first-order chi connectivity index (χ1) is 19.5. The van der Waals surface area contributed by atoms with Crippen molar-refractivity contribution in [3.8, 4) is 11.8 Å². The molecule has 4 rings (SSSR count). The average Bonchev–Trinajstić information content (AvgIpc) is 2.94. The summed E-state index contributed by atoms with van der Waals surface area (Å²) < 4.78 is 39.4. The van der Waals surface area contributed by atoms with Gasteiger partial charge in [-0.2, -0.15) is 13.2 Å². The number of nitrogen functional groups attached to an aromatic ring is 2. The number of nitrogens with one attached hydrogen (secondary N) is 3. The largest absolute Gasteiger partial charge is 0.416 e. The van der Waals surface area contributed by atoms with Crippen LogP contribution >= 0.6 is 0 Å². The number of pyridine rings is 2. The highest BCUT2D eigenvalue weighted by Gasteiger charge is 2.34. The third kappa shape index (κ3) is 9.20. The summed E-state index contributed by atoms with van der Waals surface area (Å²) >= 11 is 0. The van der Waals surface area contributed by atoms with E-state index in [9.17, 15) is 18.0 Å². The molecule has 0 saturated carbocycles. The van der Waals surface area contributed by atoms with E-state index in [2.05, 4.69) is 42.2 Å². The molecule has 7 N–H and O–H groups in total. The summed E-state index contributed by atoms with van der Waals surface area (Å²) in [6, 6.07) is 9.40. The molecule has 0 bridgehead atoms. The minimum Gasteiger partial charge on any atom is -0.388 e. The lowest BCUT2D eigenvalue weighted by Gasteiger charge is -2.33. The van der Waals surface area contributed by atoms with Crippen LogP contribution in [0.4, 0.5) is 30.5 Å². The van der Waals surface area contributed by atoms with Gasteiger partial charge < -0.3 is 27.0 Å². The van der Waals surface area contributed by atoms with Crippen LogP contribution in [0, 0.1) is 17.3 Å². The molecule has 10 nitrogen and oxygen atoms in total. The van der Waals surface area contributed by atoms with E-state index >= 15 is 0 Å². The Labute approximate surface area is 236 Å². The van der Waals surface area contributed by atoms with Gasteiger partial charge in [-0.3, -0.25) is 15.1 Å². The van der Waals surface area contributed by atoms with Gasteiger partial charge in [-0.05, 0) is 42.9 Å². The van der Waals surface area contributed by atoms with Crippen LogP contribution in [0.1, 0.15) is 27.8 Å². The Balaban J connectivity index is 0.000000226. The van der Waals surface area contributed by atoms with Crippen molar-refractivity contribution in [2.45, 2.75) is 12.7 Å². The Kier molecular flexibility index (Phi) is 10.6. The molecule has 3 heterocycles. The predicted octanol–water partition coefficient (Wildman–Crippen LogP) is 2.81. The molecule has 1 amide bonds. The molecule has 0 radical (unpaired) electrons. The second-order valence-electron chi connectivity index (χ2n) is 9.21. The van der Waals surface area contributed by atoms with Crippen LogP contribution in [0.15, 0.2) is 48.8 Å². The molecule has 1 aromatic carbocycles. The Hall–Kier alpha value is -4.67. The van der Waals surface area contributed by atoms with E-state index in [-0.39, 0.29) is 11.7 Å². The first-order valence-corrected chi connectivity index (χ1v) is 12.6. The molecular weight excluding hydrogens is 535 g/mol. The van der Waals surface area contributed by atoms with E-state index in [1.807, 2.05) is 7.05 Å². The number of halogens is 3. The van der Waals surface area contributed by atoms with E-state index in [1.54, 1.807) is 37.4 Å². The number of benzene rings is 1. The smallest absolute Gasteiger partial charge is 0.388 e. The number of alkyl halides is 3. The quantitative estimate of drug-likeness (QED) is 0.132. The lowest BCUT2D eigenvalue weighted by Crippen LogP contribution is -2.44. The number of carbonyl (C=O) groups excluding carboxylic acids is 1. The van der Waals surface area contributed by atoms with E-state index < -0.39 is 11.7 Å².